The van der Waals surface area contributed by atoms with Crippen LogP contribution in [-0.2, 0) is 7.05 Å². The van der Waals surface area contributed by atoms with Crippen LogP contribution in [0.4, 0.5) is 0 Å². The van der Waals surface area contributed by atoms with Gasteiger partial charge >= 0.3 is 0 Å². The molecule has 0 spiro atoms. The number of amides is 2. The van der Waals surface area contributed by atoms with Crippen molar-refractivity contribution in [2.24, 2.45) is 7.05 Å². The van der Waals surface area contributed by atoms with Gasteiger partial charge in [0.25, 0.3) is 11.8 Å². The third-order valence-corrected chi connectivity index (χ3v) is 3.46. The van der Waals surface area contributed by atoms with E-state index in [1.165, 1.54) is 10.9 Å². The molecule has 2 amide bonds. The molecule has 2 heterocycles. The number of carbonyl (C=O) groups is 2. The standard InChI is InChI=1S/C16H16N6O3/c1-22-9-11(8-17-22)15(23)20-21-16(24)14-7-13(18-19-14)10-3-5-12(25-2)6-4-10/h3-9H,1-2H3,(H,18,19)(H,20,23)(H,21,24). The molecule has 0 unspecified atom stereocenters. The average molecular weight is 340 g/mol. The highest BCUT2D eigenvalue weighted by Crippen LogP contribution is 2.20. The van der Waals surface area contributed by atoms with Gasteiger partial charge in [-0.15, -0.1) is 0 Å². The molecule has 0 aliphatic rings. The second-order valence-electron chi connectivity index (χ2n) is 5.21. The fourth-order valence-electron chi connectivity index (χ4n) is 2.14. The maximum atomic E-state index is 12.1. The second kappa shape index (κ2) is 6.87. The van der Waals surface area contributed by atoms with Crippen molar-refractivity contribution in [3.05, 3.63) is 54.0 Å². The summed E-state index contributed by atoms with van der Waals surface area (Å²) in [5.74, 6) is -0.240. The van der Waals surface area contributed by atoms with E-state index < -0.39 is 11.8 Å². The molecular weight excluding hydrogens is 324 g/mol. The van der Waals surface area contributed by atoms with E-state index >= 15 is 0 Å². The van der Waals surface area contributed by atoms with E-state index in [9.17, 15) is 9.59 Å². The first-order valence-electron chi connectivity index (χ1n) is 7.36. The van der Waals surface area contributed by atoms with Crippen LogP contribution in [0.15, 0.2) is 42.7 Å². The molecular formula is C16H16N6O3. The Morgan fingerprint density at radius 3 is 2.52 bits per heavy atom. The van der Waals surface area contributed by atoms with Crippen LogP contribution in [0.5, 0.6) is 5.75 Å². The molecule has 0 saturated carbocycles. The summed E-state index contributed by atoms with van der Waals surface area (Å²) in [6.45, 7) is 0. The highest BCUT2D eigenvalue weighted by molar-refractivity contribution is 5.98. The highest BCUT2D eigenvalue weighted by Gasteiger charge is 2.13. The van der Waals surface area contributed by atoms with Gasteiger partial charge in [0, 0.05) is 18.8 Å². The minimum atomic E-state index is -0.510. The number of nitrogens with one attached hydrogen (secondary N) is 3. The first-order chi connectivity index (χ1) is 12.1. The van der Waals surface area contributed by atoms with Gasteiger partial charge in [0.1, 0.15) is 11.4 Å². The van der Waals surface area contributed by atoms with Gasteiger partial charge in [-0.05, 0) is 30.3 Å². The van der Waals surface area contributed by atoms with Crippen LogP contribution in [-0.4, -0.2) is 38.9 Å². The summed E-state index contributed by atoms with van der Waals surface area (Å²) in [5, 5.41) is 10.6. The largest absolute Gasteiger partial charge is 0.497 e. The third-order valence-electron chi connectivity index (χ3n) is 3.46. The van der Waals surface area contributed by atoms with Gasteiger partial charge in [-0.2, -0.15) is 10.2 Å². The van der Waals surface area contributed by atoms with Crippen molar-refractivity contribution in [2.45, 2.75) is 0 Å². The number of hydrazine groups is 1. The molecule has 0 radical (unpaired) electrons. The summed E-state index contributed by atoms with van der Waals surface area (Å²) in [5.41, 5.74) is 6.63. The second-order valence-corrected chi connectivity index (χ2v) is 5.21. The summed E-state index contributed by atoms with van der Waals surface area (Å²) in [4.78, 5) is 24.0. The monoisotopic (exact) mass is 340 g/mol. The lowest BCUT2D eigenvalue weighted by Gasteiger charge is -2.04. The molecule has 3 rings (SSSR count). The number of aromatic nitrogens is 4. The van der Waals surface area contributed by atoms with E-state index in [1.807, 2.05) is 12.1 Å². The minimum Gasteiger partial charge on any atom is -0.497 e. The predicted octanol–water partition coefficient (Wildman–Crippen LogP) is 0.894. The van der Waals surface area contributed by atoms with Crippen molar-refractivity contribution in [3.63, 3.8) is 0 Å². The van der Waals surface area contributed by atoms with Crippen LogP contribution in [0, 0.1) is 0 Å². The van der Waals surface area contributed by atoms with E-state index in [-0.39, 0.29) is 5.69 Å². The molecule has 2 aromatic heterocycles. The predicted molar refractivity (Wildman–Crippen MR) is 88.7 cm³/mol. The lowest BCUT2D eigenvalue weighted by Crippen LogP contribution is -2.41. The van der Waals surface area contributed by atoms with Crippen molar-refractivity contribution in [2.75, 3.05) is 7.11 Å². The number of nitrogens with zero attached hydrogens (tertiary/aromatic N) is 3. The number of hydrogen-bond donors (Lipinski definition) is 3. The Morgan fingerprint density at radius 1 is 1.16 bits per heavy atom. The Bertz CT molecular complexity index is 897. The van der Waals surface area contributed by atoms with E-state index in [4.69, 9.17) is 4.74 Å². The normalized spacial score (nSPS) is 10.3. The van der Waals surface area contributed by atoms with Gasteiger partial charge in [0.15, 0.2) is 0 Å². The summed E-state index contributed by atoms with van der Waals surface area (Å²) in [6.07, 6.45) is 2.94. The van der Waals surface area contributed by atoms with Gasteiger partial charge in [0.2, 0.25) is 0 Å². The molecule has 9 heteroatoms. The van der Waals surface area contributed by atoms with Crippen LogP contribution >= 0.6 is 0 Å². The van der Waals surface area contributed by atoms with Crippen LogP contribution < -0.4 is 15.6 Å². The average Bonchev–Trinajstić information content (AvgIpc) is 3.29. The zero-order valence-corrected chi connectivity index (χ0v) is 13.6. The molecule has 0 aliphatic carbocycles. The van der Waals surface area contributed by atoms with Crippen molar-refractivity contribution >= 4 is 11.8 Å². The van der Waals surface area contributed by atoms with Crippen molar-refractivity contribution in [1.82, 2.24) is 30.8 Å². The number of benzene rings is 1. The van der Waals surface area contributed by atoms with Crippen molar-refractivity contribution in [3.8, 4) is 17.0 Å². The van der Waals surface area contributed by atoms with E-state index in [0.717, 1.165) is 11.3 Å². The first-order valence-corrected chi connectivity index (χ1v) is 7.36. The number of carbonyl (C=O) groups excluding carboxylic acids is 2. The van der Waals surface area contributed by atoms with Crippen LogP contribution in [0.1, 0.15) is 20.8 Å². The van der Waals surface area contributed by atoms with Crippen molar-refractivity contribution < 1.29 is 14.3 Å². The van der Waals surface area contributed by atoms with Gasteiger partial charge in [-0.1, -0.05) is 0 Å². The smallest absolute Gasteiger partial charge is 0.287 e. The molecule has 0 fully saturated rings. The zero-order chi connectivity index (χ0) is 17.8. The maximum Gasteiger partial charge on any atom is 0.287 e. The molecule has 9 nitrogen and oxygen atoms in total. The number of aromatic amines is 1. The molecule has 128 valence electrons. The maximum absolute atomic E-state index is 12.1. The Labute approximate surface area is 143 Å². The lowest BCUT2D eigenvalue weighted by atomic mass is 10.1. The summed E-state index contributed by atoms with van der Waals surface area (Å²) >= 11 is 0. The van der Waals surface area contributed by atoms with Gasteiger partial charge in [0.05, 0.1) is 24.6 Å². The fraction of sp³-hybridized carbons (Fsp3) is 0.125. The van der Waals surface area contributed by atoms with Crippen LogP contribution in [0.25, 0.3) is 11.3 Å². The Balaban J connectivity index is 1.63. The fourth-order valence-corrected chi connectivity index (χ4v) is 2.14. The molecule has 1 aromatic carbocycles. The van der Waals surface area contributed by atoms with E-state index in [0.29, 0.717) is 11.3 Å². The number of rotatable bonds is 4. The van der Waals surface area contributed by atoms with Crippen LogP contribution in [0.3, 0.4) is 0 Å². The van der Waals surface area contributed by atoms with Gasteiger partial charge in [-0.3, -0.25) is 30.2 Å². The SMILES string of the molecule is COc1ccc(-c2cc(C(=O)NNC(=O)c3cnn(C)c3)[nH]n2)cc1. The quantitative estimate of drug-likeness (QED) is 0.611. The summed E-state index contributed by atoms with van der Waals surface area (Å²) < 4.78 is 6.60. The third kappa shape index (κ3) is 3.66. The molecule has 0 bridgehead atoms. The molecule has 3 aromatic rings. The Hall–Kier alpha value is -3.62. The van der Waals surface area contributed by atoms with Gasteiger partial charge in [-0.25, -0.2) is 0 Å². The summed E-state index contributed by atoms with van der Waals surface area (Å²) in [7, 11) is 3.28. The van der Waals surface area contributed by atoms with Gasteiger partial charge < -0.3 is 4.74 Å². The minimum absolute atomic E-state index is 0.220. The highest BCUT2D eigenvalue weighted by atomic mass is 16.5. The first kappa shape index (κ1) is 16.2. The molecule has 0 saturated heterocycles. The molecule has 0 atom stereocenters. The number of hydrogen-bond acceptors (Lipinski definition) is 5. The lowest BCUT2D eigenvalue weighted by molar-refractivity contribution is 0.0844. The number of H-pyrrole nitrogens is 1. The number of aryl methyl sites for hydroxylation is 1. The van der Waals surface area contributed by atoms with Crippen molar-refractivity contribution in [1.29, 1.82) is 0 Å². The Morgan fingerprint density at radius 2 is 1.88 bits per heavy atom. The zero-order valence-electron chi connectivity index (χ0n) is 13.6. The van der Waals surface area contributed by atoms with E-state index in [2.05, 4.69) is 26.1 Å². The van der Waals surface area contributed by atoms with E-state index in [1.54, 1.807) is 38.6 Å². The topological polar surface area (TPSA) is 114 Å². The molecule has 3 N–H and O–H groups in total. The molecule has 25 heavy (non-hydrogen) atoms. The number of methoxy groups -OCH3 is 1. The summed E-state index contributed by atoms with van der Waals surface area (Å²) in [6, 6.07) is 8.87. The number of ether oxygens (including phenoxy) is 1. The Kier molecular flexibility index (Phi) is 4.46. The molecule has 0 aliphatic heterocycles. The van der Waals surface area contributed by atoms with Crippen LogP contribution in [0.2, 0.25) is 0 Å².